The molecular weight excluding hydrogens is 259 g/mol. The molecule has 1 aromatic heterocycles. The second kappa shape index (κ2) is 5.96. The van der Waals surface area contributed by atoms with Gasteiger partial charge in [-0.3, -0.25) is 4.79 Å². The smallest absolute Gasteiger partial charge is 0.272 e. The van der Waals surface area contributed by atoms with Crippen molar-refractivity contribution in [3.05, 3.63) is 52.1 Å². The molecule has 0 atom stereocenters. The summed E-state index contributed by atoms with van der Waals surface area (Å²) in [5.41, 5.74) is 1.26. The molecule has 0 bridgehead atoms. The molecule has 0 saturated carbocycles. The van der Waals surface area contributed by atoms with Crippen LogP contribution in [0.1, 0.15) is 19.4 Å². The van der Waals surface area contributed by atoms with Gasteiger partial charge in [-0.15, -0.1) is 0 Å². The molecule has 1 aromatic carbocycles. The third-order valence-electron chi connectivity index (χ3n) is 2.90. The second-order valence-corrected chi connectivity index (χ2v) is 5.10. The zero-order chi connectivity index (χ0) is 14.7. The first kappa shape index (κ1) is 14.4. The van der Waals surface area contributed by atoms with E-state index in [9.17, 15) is 14.3 Å². The molecule has 0 radical (unpaired) electrons. The van der Waals surface area contributed by atoms with Crippen LogP contribution in [-0.2, 0) is 13.2 Å². The molecular formula is C15H17FN2O2. The van der Waals surface area contributed by atoms with Gasteiger partial charge in [0.2, 0.25) is 0 Å². The van der Waals surface area contributed by atoms with E-state index in [1.807, 2.05) is 13.8 Å². The van der Waals surface area contributed by atoms with E-state index in [1.54, 1.807) is 18.2 Å². The predicted molar refractivity (Wildman–Crippen MR) is 74.7 cm³/mol. The molecule has 0 saturated heterocycles. The number of nitrogens with zero attached hydrogens (tertiary/aromatic N) is 2. The van der Waals surface area contributed by atoms with Crippen LogP contribution in [-0.4, -0.2) is 14.9 Å². The Morgan fingerprint density at radius 3 is 2.50 bits per heavy atom. The number of hydrogen-bond acceptors (Lipinski definition) is 3. The number of benzene rings is 1. The third-order valence-corrected chi connectivity index (χ3v) is 2.90. The van der Waals surface area contributed by atoms with Crippen molar-refractivity contribution in [2.24, 2.45) is 5.92 Å². The van der Waals surface area contributed by atoms with Gasteiger partial charge in [-0.1, -0.05) is 13.8 Å². The minimum atomic E-state index is -0.340. The number of aliphatic hydroxyl groups is 1. The van der Waals surface area contributed by atoms with Crippen molar-refractivity contribution in [2.75, 3.05) is 0 Å². The molecule has 2 aromatic rings. The molecule has 0 fully saturated rings. The Hall–Kier alpha value is -2.01. The summed E-state index contributed by atoms with van der Waals surface area (Å²) in [6, 6.07) is 7.43. The van der Waals surface area contributed by atoms with Crippen molar-refractivity contribution in [3.8, 4) is 11.3 Å². The molecule has 5 heteroatoms. The maximum absolute atomic E-state index is 12.9. The van der Waals surface area contributed by atoms with Crippen LogP contribution in [0.2, 0.25) is 0 Å². The van der Waals surface area contributed by atoms with Crippen LogP contribution in [0.3, 0.4) is 0 Å². The minimum absolute atomic E-state index is 0.259. The van der Waals surface area contributed by atoms with Gasteiger partial charge < -0.3 is 5.11 Å². The van der Waals surface area contributed by atoms with E-state index in [2.05, 4.69) is 5.10 Å². The quantitative estimate of drug-likeness (QED) is 0.931. The zero-order valence-electron chi connectivity index (χ0n) is 11.5. The van der Waals surface area contributed by atoms with Gasteiger partial charge >= 0.3 is 0 Å². The highest BCUT2D eigenvalue weighted by Crippen LogP contribution is 2.17. The molecule has 4 nitrogen and oxygen atoms in total. The Balaban J connectivity index is 2.53. The van der Waals surface area contributed by atoms with Gasteiger partial charge in [0.1, 0.15) is 5.82 Å². The van der Waals surface area contributed by atoms with Crippen LogP contribution in [0.4, 0.5) is 4.39 Å². The highest BCUT2D eigenvalue weighted by molar-refractivity contribution is 5.58. The monoisotopic (exact) mass is 276 g/mol. The van der Waals surface area contributed by atoms with Crippen LogP contribution in [0.25, 0.3) is 11.3 Å². The Kier molecular flexibility index (Phi) is 4.29. The van der Waals surface area contributed by atoms with Crippen molar-refractivity contribution in [1.82, 2.24) is 9.78 Å². The number of rotatable bonds is 4. The first-order valence-corrected chi connectivity index (χ1v) is 6.49. The average molecular weight is 276 g/mol. The van der Waals surface area contributed by atoms with E-state index in [-0.39, 0.29) is 23.9 Å². The number of halogens is 1. The highest BCUT2D eigenvalue weighted by atomic mass is 19.1. The summed E-state index contributed by atoms with van der Waals surface area (Å²) in [6.07, 6.45) is 0. The normalized spacial score (nSPS) is 11.1. The van der Waals surface area contributed by atoms with E-state index >= 15 is 0 Å². The Labute approximate surface area is 116 Å². The van der Waals surface area contributed by atoms with E-state index in [0.29, 0.717) is 23.4 Å². The van der Waals surface area contributed by atoms with Gasteiger partial charge in [-0.2, -0.15) is 5.10 Å². The summed E-state index contributed by atoms with van der Waals surface area (Å²) in [7, 11) is 0. The van der Waals surface area contributed by atoms with Crippen molar-refractivity contribution < 1.29 is 9.50 Å². The van der Waals surface area contributed by atoms with Gasteiger partial charge in [0.05, 0.1) is 12.3 Å². The minimum Gasteiger partial charge on any atom is -0.391 e. The van der Waals surface area contributed by atoms with Crippen molar-refractivity contribution in [3.63, 3.8) is 0 Å². The van der Waals surface area contributed by atoms with Crippen LogP contribution >= 0.6 is 0 Å². The molecule has 20 heavy (non-hydrogen) atoms. The van der Waals surface area contributed by atoms with Gasteiger partial charge in [0, 0.05) is 17.7 Å². The van der Waals surface area contributed by atoms with Crippen molar-refractivity contribution >= 4 is 0 Å². The lowest BCUT2D eigenvalue weighted by atomic mass is 10.1. The lowest BCUT2D eigenvalue weighted by Crippen LogP contribution is -2.28. The molecule has 1 heterocycles. The molecule has 0 aliphatic heterocycles. The first-order valence-electron chi connectivity index (χ1n) is 6.49. The van der Waals surface area contributed by atoms with Gasteiger partial charge in [0.25, 0.3) is 5.56 Å². The average Bonchev–Trinajstić information content (AvgIpc) is 2.41. The van der Waals surface area contributed by atoms with Crippen molar-refractivity contribution in [1.29, 1.82) is 0 Å². The molecule has 0 aliphatic rings. The van der Waals surface area contributed by atoms with E-state index in [1.165, 1.54) is 16.8 Å². The largest absolute Gasteiger partial charge is 0.391 e. The number of aliphatic hydroxyl groups excluding tert-OH is 1. The molecule has 0 spiro atoms. The SMILES string of the molecule is CC(C)Cn1nc(-c2ccc(F)cc2)cc(CO)c1=O. The molecule has 0 amide bonds. The molecule has 106 valence electrons. The van der Waals surface area contributed by atoms with E-state index in [0.717, 1.165) is 0 Å². The van der Waals surface area contributed by atoms with Crippen LogP contribution < -0.4 is 5.56 Å². The fourth-order valence-corrected chi connectivity index (χ4v) is 1.94. The molecule has 2 rings (SSSR count). The number of hydrogen-bond donors (Lipinski definition) is 1. The van der Waals surface area contributed by atoms with Crippen LogP contribution in [0.5, 0.6) is 0 Å². The Morgan fingerprint density at radius 2 is 1.95 bits per heavy atom. The zero-order valence-corrected chi connectivity index (χ0v) is 11.5. The van der Waals surface area contributed by atoms with Gasteiger partial charge in [-0.05, 0) is 36.2 Å². The summed E-state index contributed by atoms with van der Waals surface area (Å²) in [6.45, 7) is 4.10. The first-order chi connectivity index (χ1) is 9.51. The summed E-state index contributed by atoms with van der Waals surface area (Å²) in [5, 5.41) is 13.6. The fraction of sp³-hybridized carbons (Fsp3) is 0.333. The maximum atomic E-state index is 12.9. The highest BCUT2D eigenvalue weighted by Gasteiger charge is 2.10. The van der Waals surface area contributed by atoms with Gasteiger partial charge in [-0.25, -0.2) is 9.07 Å². The summed E-state index contributed by atoms with van der Waals surface area (Å²) >= 11 is 0. The van der Waals surface area contributed by atoms with Crippen molar-refractivity contribution in [2.45, 2.75) is 27.0 Å². The summed E-state index contributed by atoms with van der Waals surface area (Å²) in [5.74, 6) is -0.0677. The fourth-order valence-electron chi connectivity index (χ4n) is 1.94. The molecule has 0 unspecified atom stereocenters. The third kappa shape index (κ3) is 3.11. The standard InChI is InChI=1S/C15H17FN2O2/c1-10(2)8-18-15(20)12(9-19)7-14(17-18)11-3-5-13(16)6-4-11/h3-7,10,19H,8-9H2,1-2H3. The molecule has 0 aliphatic carbocycles. The van der Waals surface area contributed by atoms with Crippen LogP contribution in [0, 0.1) is 11.7 Å². The predicted octanol–water partition coefficient (Wildman–Crippen LogP) is 2.20. The Bertz CT molecular complexity index is 648. The topological polar surface area (TPSA) is 55.1 Å². The molecule has 1 N–H and O–H groups in total. The van der Waals surface area contributed by atoms with E-state index in [4.69, 9.17) is 0 Å². The van der Waals surface area contributed by atoms with E-state index < -0.39 is 0 Å². The summed E-state index contributed by atoms with van der Waals surface area (Å²) < 4.78 is 14.3. The lowest BCUT2D eigenvalue weighted by Gasteiger charge is -2.11. The second-order valence-electron chi connectivity index (χ2n) is 5.10. The Morgan fingerprint density at radius 1 is 1.30 bits per heavy atom. The number of aromatic nitrogens is 2. The summed E-state index contributed by atoms with van der Waals surface area (Å²) in [4.78, 5) is 12.1. The lowest BCUT2D eigenvalue weighted by molar-refractivity contribution is 0.277. The van der Waals surface area contributed by atoms with Gasteiger partial charge in [0.15, 0.2) is 0 Å². The maximum Gasteiger partial charge on any atom is 0.272 e. The van der Waals surface area contributed by atoms with Crippen LogP contribution in [0.15, 0.2) is 35.1 Å².